The number of piperidine rings is 1. The van der Waals surface area contributed by atoms with E-state index in [0.717, 1.165) is 6.42 Å². The lowest BCUT2D eigenvalue weighted by molar-refractivity contribution is -0.128. The standard InChI is InChI=1S/C15H10Cl2FN3O2.C8H12FNO/c1-23-12-5-10-7(4-11(12)22)15(20-6-19-10)21-9-3-2-8(16)13(17)14(9)18;1-2-8(11)10-5-3-4-7(9)6-10/h2-6,22H,1H3,(H,19,20,21);2,7H,1,3-6H2. The monoisotopic (exact) mass is 510 g/mol. The van der Waals surface area contributed by atoms with Gasteiger partial charge < -0.3 is 20.1 Å². The minimum absolute atomic E-state index is 0.0764. The number of rotatable bonds is 4. The van der Waals surface area contributed by atoms with Crippen molar-refractivity contribution in [3.63, 3.8) is 0 Å². The highest BCUT2D eigenvalue weighted by Crippen LogP contribution is 2.35. The quantitative estimate of drug-likeness (QED) is 0.347. The molecule has 1 saturated heterocycles. The van der Waals surface area contributed by atoms with Gasteiger partial charge in [0.05, 0.1) is 34.9 Å². The molecule has 1 aliphatic rings. The molecule has 1 aromatic heterocycles. The number of carbonyl (C=O) groups is 1. The molecule has 0 saturated carbocycles. The number of anilines is 2. The zero-order valence-electron chi connectivity index (χ0n) is 18.2. The second-order valence-corrected chi connectivity index (χ2v) is 8.12. The summed E-state index contributed by atoms with van der Waals surface area (Å²) < 4.78 is 31.9. The van der Waals surface area contributed by atoms with Gasteiger partial charge in [-0.25, -0.2) is 18.7 Å². The average molecular weight is 511 g/mol. The molecule has 2 aromatic carbocycles. The Kier molecular flexibility index (Phi) is 8.46. The van der Waals surface area contributed by atoms with Crippen LogP contribution in [0.25, 0.3) is 10.9 Å². The molecule has 0 aliphatic carbocycles. The van der Waals surface area contributed by atoms with E-state index in [-0.39, 0.29) is 39.7 Å². The highest BCUT2D eigenvalue weighted by atomic mass is 35.5. The molecule has 2 heterocycles. The van der Waals surface area contributed by atoms with E-state index in [4.69, 9.17) is 27.9 Å². The van der Waals surface area contributed by atoms with Crippen LogP contribution in [0, 0.1) is 5.82 Å². The highest BCUT2D eigenvalue weighted by molar-refractivity contribution is 6.42. The highest BCUT2D eigenvalue weighted by Gasteiger charge is 2.21. The summed E-state index contributed by atoms with van der Waals surface area (Å²) in [5.74, 6) is -0.336. The second-order valence-electron chi connectivity index (χ2n) is 7.34. The molecule has 0 spiro atoms. The van der Waals surface area contributed by atoms with Crippen molar-refractivity contribution < 1.29 is 23.4 Å². The third-order valence-corrected chi connectivity index (χ3v) is 5.86. The summed E-state index contributed by atoms with van der Waals surface area (Å²) in [5.41, 5.74) is 0.632. The number of ether oxygens (including phenoxy) is 1. The Bertz CT molecular complexity index is 1210. The van der Waals surface area contributed by atoms with E-state index in [1.165, 1.54) is 42.6 Å². The fourth-order valence-electron chi connectivity index (χ4n) is 3.34. The Morgan fingerprint density at radius 1 is 1.35 bits per heavy atom. The van der Waals surface area contributed by atoms with Gasteiger partial charge in [-0.15, -0.1) is 0 Å². The number of methoxy groups -OCH3 is 1. The lowest BCUT2D eigenvalue weighted by atomic mass is 10.1. The third-order valence-electron chi connectivity index (χ3n) is 5.07. The molecule has 34 heavy (non-hydrogen) atoms. The van der Waals surface area contributed by atoms with Crippen molar-refractivity contribution in [2.45, 2.75) is 19.0 Å². The summed E-state index contributed by atoms with van der Waals surface area (Å²) in [7, 11) is 1.44. The maximum Gasteiger partial charge on any atom is 0.246 e. The van der Waals surface area contributed by atoms with Crippen LogP contribution in [-0.2, 0) is 4.79 Å². The van der Waals surface area contributed by atoms with Gasteiger partial charge in [0, 0.05) is 18.0 Å². The van der Waals surface area contributed by atoms with Crippen LogP contribution in [0.3, 0.4) is 0 Å². The van der Waals surface area contributed by atoms with E-state index in [1.807, 2.05) is 0 Å². The largest absolute Gasteiger partial charge is 0.504 e. The lowest BCUT2D eigenvalue weighted by Crippen LogP contribution is -2.39. The van der Waals surface area contributed by atoms with Gasteiger partial charge >= 0.3 is 0 Å². The summed E-state index contributed by atoms with van der Waals surface area (Å²) in [6.45, 7) is 4.26. The number of aromatic hydroxyl groups is 1. The average Bonchev–Trinajstić information content (AvgIpc) is 2.84. The molecule has 11 heteroatoms. The number of amides is 1. The molecular formula is C23H22Cl2F2N4O3. The Labute approximate surface area is 205 Å². The van der Waals surface area contributed by atoms with Crippen molar-refractivity contribution in [3.05, 3.63) is 59.1 Å². The molecule has 1 aliphatic heterocycles. The summed E-state index contributed by atoms with van der Waals surface area (Å²) >= 11 is 11.6. The molecule has 1 amide bonds. The van der Waals surface area contributed by atoms with Gasteiger partial charge in [-0.3, -0.25) is 4.79 Å². The summed E-state index contributed by atoms with van der Waals surface area (Å²) in [5, 5.41) is 13.2. The third kappa shape index (κ3) is 5.84. The Hall–Kier alpha value is -3.17. The Balaban J connectivity index is 0.000000248. The maximum absolute atomic E-state index is 14.2. The van der Waals surface area contributed by atoms with Crippen LogP contribution in [0.4, 0.5) is 20.3 Å². The van der Waals surface area contributed by atoms with Crippen LogP contribution in [-0.4, -0.2) is 52.3 Å². The Morgan fingerprint density at radius 2 is 2.12 bits per heavy atom. The smallest absolute Gasteiger partial charge is 0.246 e. The molecule has 0 bridgehead atoms. The van der Waals surface area contributed by atoms with Crippen LogP contribution >= 0.6 is 23.2 Å². The molecule has 2 N–H and O–H groups in total. The number of benzene rings is 2. The number of aromatic nitrogens is 2. The number of carbonyl (C=O) groups excluding carboxylic acids is 1. The molecule has 4 rings (SSSR count). The molecule has 1 fully saturated rings. The number of halogens is 4. The van der Waals surface area contributed by atoms with E-state index in [0.29, 0.717) is 29.7 Å². The van der Waals surface area contributed by atoms with Crippen molar-refractivity contribution >= 4 is 51.5 Å². The number of fused-ring (bicyclic) bond motifs is 1. The van der Waals surface area contributed by atoms with Gasteiger partial charge in [0.15, 0.2) is 17.3 Å². The Morgan fingerprint density at radius 3 is 2.79 bits per heavy atom. The van der Waals surface area contributed by atoms with E-state index in [2.05, 4.69) is 21.9 Å². The first-order valence-electron chi connectivity index (χ1n) is 10.2. The number of phenols is 1. The number of alkyl halides is 1. The van der Waals surface area contributed by atoms with Crippen LogP contribution in [0.2, 0.25) is 10.0 Å². The number of hydrogen-bond donors (Lipinski definition) is 2. The van der Waals surface area contributed by atoms with Crippen LogP contribution < -0.4 is 10.1 Å². The first-order valence-corrected chi connectivity index (χ1v) is 11.0. The van der Waals surface area contributed by atoms with Crippen molar-refractivity contribution in [2.75, 3.05) is 25.5 Å². The number of phenolic OH excluding ortho intramolecular Hbond substituents is 1. The zero-order valence-corrected chi connectivity index (χ0v) is 19.7. The maximum atomic E-state index is 14.2. The minimum atomic E-state index is -0.840. The zero-order chi connectivity index (χ0) is 24.8. The predicted molar refractivity (Wildman–Crippen MR) is 128 cm³/mol. The number of hydrogen-bond acceptors (Lipinski definition) is 6. The molecule has 0 radical (unpaired) electrons. The van der Waals surface area contributed by atoms with Crippen molar-refractivity contribution in [1.29, 1.82) is 0 Å². The molecule has 7 nitrogen and oxygen atoms in total. The van der Waals surface area contributed by atoms with Crippen LogP contribution in [0.1, 0.15) is 12.8 Å². The fraction of sp³-hybridized carbons (Fsp3) is 0.261. The van der Waals surface area contributed by atoms with Gasteiger partial charge in [-0.1, -0.05) is 29.8 Å². The van der Waals surface area contributed by atoms with E-state index >= 15 is 0 Å². The summed E-state index contributed by atoms with van der Waals surface area (Å²) in [6.07, 6.45) is 3.06. The van der Waals surface area contributed by atoms with Crippen LogP contribution in [0.15, 0.2) is 43.2 Å². The topological polar surface area (TPSA) is 87.6 Å². The molecule has 1 unspecified atom stereocenters. The summed E-state index contributed by atoms with van der Waals surface area (Å²) in [4.78, 5) is 20.6. The van der Waals surface area contributed by atoms with Gasteiger partial charge in [0.1, 0.15) is 18.3 Å². The SMILES string of the molecule is C=CC(=O)N1CCCC(F)C1.COc1cc2ncnc(Nc3ccc(Cl)c(Cl)c3F)c2cc1O. The van der Waals surface area contributed by atoms with Crippen molar-refractivity contribution in [2.24, 2.45) is 0 Å². The van der Waals surface area contributed by atoms with E-state index < -0.39 is 12.0 Å². The number of nitrogens with zero attached hydrogens (tertiary/aromatic N) is 3. The first-order chi connectivity index (χ1) is 16.2. The lowest BCUT2D eigenvalue weighted by Gasteiger charge is -2.27. The van der Waals surface area contributed by atoms with Crippen molar-refractivity contribution in [1.82, 2.24) is 14.9 Å². The molecule has 180 valence electrons. The normalized spacial score (nSPS) is 15.3. The van der Waals surface area contributed by atoms with Gasteiger partial charge in [0.2, 0.25) is 5.91 Å². The molecular weight excluding hydrogens is 489 g/mol. The minimum Gasteiger partial charge on any atom is -0.504 e. The van der Waals surface area contributed by atoms with E-state index in [1.54, 1.807) is 6.07 Å². The van der Waals surface area contributed by atoms with Gasteiger partial charge in [0.25, 0.3) is 0 Å². The van der Waals surface area contributed by atoms with Crippen LogP contribution in [0.5, 0.6) is 11.5 Å². The van der Waals surface area contributed by atoms with Gasteiger partial charge in [-0.05, 0) is 37.1 Å². The molecule has 3 aromatic rings. The second kappa shape index (κ2) is 11.3. The first kappa shape index (κ1) is 25.5. The number of likely N-dealkylation sites (tertiary alicyclic amines) is 1. The summed E-state index contributed by atoms with van der Waals surface area (Å²) in [6, 6.07) is 5.91. The number of nitrogens with one attached hydrogen (secondary N) is 1. The predicted octanol–water partition coefficient (Wildman–Crippen LogP) is 5.67. The van der Waals surface area contributed by atoms with E-state index in [9.17, 15) is 18.7 Å². The van der Waals surface area contributed by atoms with Gasteiger partial charge in [-0.2, -0.15) is 0 Å². The molecule has 1 atom stereocenters. The van der Waals surface area contributed by atoms with Crippen molar-refractivity contribution in [3.8, 4) is 11.5 Å². The fourth-order valence-corrected chi connectivity index (χ4v) is 3.65.